The van der Waals surface area contributed by atoms with Crippen molar-refractivity contribution in [2.24, 2.45) is 0 Å². The molecule has 4 N–H and O–H groups in total. The van der Waals surface area contributed by atoms with Crippen LogP contribution in [-0.2, 0) is 0 Å². The van der Waals surface area contributed by atoms with Crippen molar-refractivity contribution in [3.05, 3.63) is 0 Å². The molecule has 1 aromatic rings. The van der Waals surface area contributed by atoms with Crippen LogP contribution >= 0.6 is 0 Å². The third kappa shape index (κ3) is 2.90. The van der Waals surface area contributed by atoms with E-state index in [1.54, 1.807) is 0 Å². The van der Waals surface area contributed by atoms with Gasteiger partial charge in [0.2, 0.25) is 11.9 Å². The summed E-state index contributed by atoms with van der Waals surface area (Å²) in [7, 11) is 3.88. The van der Waals surface area contributed by atoms with Crippen LogP contribution in [0.25, 0.3) is 0 Å². The van der Waals surface area contributed by atoms with E-state index in [4.69, 9.17) is 5.73 Å². The fourth-order valence-electron chi connectivity index (χ4n) is 1.03. The van der Waals surface area contributed by atoms with Crippen molar-refractivity contribution in [3.63, 3.8) is 0 Å². The molecule has 0 fully saturated rings. The number of aromatic nitrogens is 3. The Morgan fingerprint density at radius 2 is 2.38 bits per heavy atom. The number of rotatable bonds is 5. The van der Waals surface area contributed by atoms with Gasteiger partial charge in [-0.15, -0.1) is 5.10 Å². The number of hydrogen-bond acceptors (Lipinski definition) is 5. The van der Waals surface area contributed by atoms with Crippen LogP contribution in [-0.4, -0.2) is 42.4 Å². The molecule has 0 amide bonds. The van der Waals surface area contributed by atoms with Crippen LogP contribution in [0.2, 0.25) is 0 Å². The number of nitrogen functional groups attached to an aromatic ring is 1. The minimum Gasteiger partial charge on any atom is -0.368 e. The number of nitrogens with one attached hydrogen (secondary N) is 2. The van der Waals surface area contributed by atoms with Crippen molar-refractivity contribution in [1.29, 1.82) is 0 Å². The van der Waals surface area contributed by atoms with Gasteiger partial charge in [-0.05, 0) is 20.0 Å². The van der Waals surface area contributed by atoms with Gasteiger partial charge in [-0.1, -0.05) is 0 Å². The summed E-state index contributed by atoms with van der Waals surface area (Å²) >= 11 is 0. The highest BCUT2D eigenvalue weighted by Crippen LogP contribution is 2.04. The highest BCUT2D eigenvalue weighted by Gasteiger charge is 2.04. The Hall–Kier alpha value is -1.30. The predicted molar refractivity (Wildman–Crippen MR) is 52.6 cm³/mol. The van der Waals surface area contributed by atoms with E-state index in [1.807, 2.05) is 19.0 Å². The fourth-order valence-corrected chi connectivity index (χ4v) is 1.03. The second kappa shape index (κ2) is 4.66. The second-order valence-corrected chi connectivity index (χ2v) is 2.90. The zero-order valence-electron chi connectivity index (χ0n) is 8.04. The molecule has 0 aliphatic heterocycles. The van der Waals surface area contributed by atoms with Crippen molar-refractivity contribution in [1.82, 2.24) is 20.5 Å². The van der Waals surface area contributed by atoms with Crippen LogP contribution < -0.4 is 16.0 Å². The van der Waals surface area contributed by atoms with Crippen molar-refractivity contribution >= 4 is 11.9 Å². The quantitative estimate of drug-likeness (QED) is 0.534. The SMILES string of the molecule is CNCCCN(C)c1n[nH]c(N)n1. The highest BCUT2D eigenvalue weighted by atomic mass is 15.4. The molecule has 74 valence electrons. The summed E-state index contributed by atoms with van der Waals surface area (Å²) in [6, 6.07) is 0. The summed E-state index contributed by atoms with van der Waals surface area (Å²) in [5.74, 6) is 1.00. The molecule has 0 aliphatic carbocycles. The molecule has 0 atom stereocenters. The molecule has 6 nitrogen and oxygen atoms in total. The molecule has 0 saturated carbocycles. The molecular weight excluding hydrogens is 168 g/mol. The molecule has 13 heavy (non-hydrogen) atoms. The van der Waals surface area contributed by atoms with Gasteiger partial charge in [-0.2, -0.15) is 4.98 Å². The Balaban J connectivity index is 2.35. The van der Waals surface area contributed by atoms with Crippen LogP contribution in [0.5, 0.6) is 0 Å². The minimum absolute atomic E-state index is 0.357. The molecule has 0 aliphatic rings. The number of hydrogen-bond donors (Lipinski definition) is 3. The Morgan fingerprint density at radius 1 is 1.62 bits per heavy atom. The molecule has 1 heterocycles. The molecule has 1 rings (SSSR count). The lowest BCUT2D eigenvalue weighted by molar-refractivity contribution is 0.705. The molecule has 0 aromatic carbocycles. The Morgan fingerprint density at radius 3 is 2.92 bits per heavy atom. The number of aromatic amines is 1. The van der Waals surface area contributed by atoms with Gasteiger partial charge >= 0.3 is 0 Å². The topological polar surface area (TPSA) is 82.9 Å². The first-order valence-electron chi connectivity index (χ1n) is 4.27. The first-order valence-corrected chi connectivity index (χ1v) is 4.27. The Kier molecular flexibility index (Phi) is 3.51. The summed E-state index contributed by atoms with van der Waals surface area (Å²) < 4.78 is 0. The smallest absolute Gasteiger partial charge is 0.246 e. The Labute approximate surface area is 77.5 Å². The van der Waals surface area contributed by atoms with Crippen LogP contribution in [0.4, 0.5) is 11.9 Å². The highest BCUT2D eigenvalue weighted by molar-refractivity contribution is 5.32. The summed E-state index contributed by atoms with van der Waals surface area (Å²) in [5.41, 5.74) is 5.40. The van der Waals surface area contributed by atoms with E-state index >= 15 is 0 Å². The minimum atomic E-state index is 0.357. The lowest BCUT2D eigenvalue weighted by Crippen LogP contribution is -2.23. The third-order valence-corrected chi connectivity index (χ3v) is 1.75. The lowest BCUT2D eigenvalue weighted by atomic mass is 10.4. The van der Waals surface area contributed by atoms with Gasteiger partial charge in [-0.3, -0.25) is 0 Å². The van der Waals surface area contributed by atoms with Gasteiger partial charge in [0, 0.05) is 13.6 Å². The molecule has 0 saturated heterocycles. The monoisotopic (exact) mass is 184 g/mol. The van der Waals surface area contributed by atoms with Gasteiger partial charge in [0.25, 0.3) is 0 Å². The summed E-state index contributed by atoms with van der Waals surface area (Å²) in [5, 5.41) is 9.62. The maximum absolute atomic E-state index is 5.40. The molecule has 1 aromatic heterocycles. The molecule has 0 bridgehead atoms. The molecule has 0 radical (unpaired) electrons. The van der Waals surface area contributed by atoms with E-state index in [9.17, 15) is 0 Å². The Bertz CT molecular complexity index is 245. The van der Waals surface area contributed by atoms with E-state index in [1.165, 1.54) is 0 Å². The van der Waals surface area contributed by atoms with Gasteiger partial charge in [-0.25, -0.2) is 5.10 Å². The van der Waals surface area contributed by atoms with Crippen molar-refractivity contribution in [2.45, 2.75) is 6.42 Å². The van der Waals surface area contributed by atoms with Crippen LogP contribution in [0.3, 0.4) is 0 Å². The number of nitrogens with two attached hydrogens (primary N) is 1. The zero-order chi connectivity index (χ0) is 9.68. The zero-order valence-corrected chi connectivity index (χ0v) is 8.04. The average Bonchev–Trinajstić information content (AvgIpc) is 2.52. The predicted octanol–water partition coefficient (Wildman–Crippen LogP) is -0.567. The van der Waals surface area contributed by atoms with E-state index in [-0.39, 0.29) is 0 Å². The van der Waals surface area contributed by atoms with Crippen LogP contribution in [0, 0.1) is 0 Å². The second-order valence-electron chi connectivity index (χ2n) is 2.90. The van der Waals surface area contributed by atoms with Crippen molar-refractivity contribution in [2.75, 3.05) is 37.8 Å². The number of nitrogens with zero attached hydrogens (tertiary/aromatic N) is 3. The summed E-state index contributed by atoms with van der Waals surface area (Å²) in [6.07, 6.45) is 1.06. The first kappa shape index (κ1) is 9.79. The fraction of sp³-hybridized carbons (Fsp3) is 0.714. The lowest BCUT2D eigenvalue weighted by Gasteiger charge is -2.13. The van der Waals surface area contributed by atoms with E-state index < -0.39 is 0 Å². The van der Waals surface area contributed by atoms with Gasteiger partial charge in [0.1, 0.15) is 0 Å². The first-order chi connectivity index (χ1) is 6.24. The molecule has 6 heteroatoms. The van der Waals surface area contributed by atoms with Gasteiger partial charge < -0.3 is 16.0 Å². The molecule has 0 unspecified atom stereocenters. The van der Waals surface area contributed by atoms with E-state index in [0.29, 0.717) is 11.9 Å². The largest absolute Gasteiger partial charge is 0.368 e. The van der Waals surface area contributed by atoms with Crippen LogP contribution in [0.1, 0.15) is 6.42 Å². The maximum atomic E-state index is 5.40. The van der Waals surface area contributed by atoms with Gasteiger partial charge in [0.15, 0.2) is 0 Å². The van der Waals surface area contributed by atoms with E-state index in [0.717, 1.165) is 19.5 Å². The van der Waals surface area contributed by atoms with Gasteiger partial charge in [0.05, 0.1) is 0 Å². The normalized spacial score (nSPS) is 10.3. The molecule has 0 spiro atoms. The standard InChI is InChI=1S/C7H16N6/c1-9-4-3-5-13(2)7-10-6(8)11-12-7/h9H,3-5H2,1-2H3,(H3,8,10,11,12). The van der Waals surface area contributed by atoms with Crippen molar-refractivity contribution in [3.8, 4) is 0 Å². The average molecular weight is 184 g/mol. The maximum Gasteiger partial charge on any atom is 0.246 e. The van der Waals surface area contributed by atoms with Crippen molar-refractivity contribution < 1.29 is 0 Å². The number of anilines is 2. The third-order valence-electron chi connectivity index (χ3n) is 1.75. The summed E-state index contributed by atoms with van der Waals surface area (Å²) in [6.45, 7) is 1.91. The van der Waals surface area contributed by atoms with Crippen LogP contribution in [0.15, 0.2) is 0 Å². The van der Waals surface area contributed by atoms with E-state index in [2.05, 4.69) is 20.5 Å². The molecular formula is C7H16N6. The summed E-state index contributed by atoms with van der Waals surface area (Å²) in [4.78, 5) is 5.97. The number of H-pyrrole nitrogens is 1.